The Morgan fingerprint density at radius 1 is 1.04 bits per heavy atom. The lowest BCUT2D eigenvalue weighted by Gasteiger charge is -2.10. The molecular weight excluding hydrogens is 320 g/mol. The second-order valence-electron chi connectivity index (χ2n) is 5.24. The predicted molar refractivity (Wildman–Crippen MR) is 92.1 cm³/mol. The molecule has 130 valence electrons. The first-order chi connectivity index (χ1) is 12.1. The normalized spacial score (nSPS) is 10.2. The molecule has 1 aromatic heterocycles. The van der Waals surface area contributed by atoms with E-state index in [2.05, 4.69) is 6.07 Å². The molecule has 0 N–H and O–H groups in total. The van der Waals surface area contributed by atoms with Crippen LogP contribution >= 0.6 is 0 Å². The monoisotopic (exact) mass is 340 g/mol. The first kappa shape index (κ1) is 18.3. The Morgan fingerprint density at radius 2 is 1.60 bits per heavy atom. The van der Waals surface area contributed by atoms with Crippen molar-refractivity contribution >= 4 is 11.9 Å². The number of ether oxygens (including phenoxy) is 2. The molecule has 6 nitrogen and oxygen atoms in total. The third-order valence-electron chi connectivity index (χ3n) is 3.76. The lowest BCUT2D eigenvalue weighted by atomic mass is 10.0. The summed E-state index contributed by atoms with van der Waals surface area (Å²) in [6.45, 7) is 5.45. The van der Waals surface area contributed by atoms with Crippen molar-refractivity contribution in [3.63, 3.8) is 0 Å². The van der Waals surface area contributed by atoms with Gasteiger partial charge in [-0.15, -0.1) is 0 Å². The minimum absolute atomic E-state index is 0.00186. The van der Waals surface area contributed by atoms with Gasteiger partial charge in [0.15, 0.2) is 0 Å². The van der Waals surface area contributed by atoms with Crippen molar-refractivity contribution in [2.45, 2.75) is 27.3 Å². The van der Waals surface area contributed by atoms with Gasteiger partial charge in [0.25, 0.3) is 0 Å². The van der Waals surface area contributed by atoms with Gasteiger partial charge in [-0.25, -0.2) is 9.59 Å². The molecule has 0 bridgehead atoms. The highest BCUT2D eigenvalue weighted by molar-refractivity contribution is 6.08. The molecule has 1 heterocycles. The maximum Gasteiger partial charge on any atom is 0.341 e. The van der Waals surface area contributed by atoms with Crippen LogP contribution in [0.15, 0.2) is 30.3 Å². The first-order valence-electron chi connectivity index (χ1n) is 8.06. The number of benzene rings is 1. The number of esters is 2. The fourth-order valence-electron chi connectivity index (χ4n) is 2.76. The predicted octanol–water partition coefficient (Wildman–Crippen LogP) is 3.34. The molecule has 0 saturated carbocycles. The summed E-state index contributed by atoms with van der Waals surface area (Å²) in [7, 11) is 0. The van der Waals surface area contributed by atoms with Gasteiger partial charge in [0.05, 0.1) is 30.5 Å². The van der Waals surface area contributed by atoms with Crippen molar-refractivity contribution in [1.82, 2.24) is 4.57 Å². The van der Waals surface area contributed by atoms with Crippen LogP contribution in [0.2, 0.25) is 0 Å². The Bertz CT molecular complexity index is 816. The summed E-state index contributed by atoms with van der Waals surface area (Å²) in [6, 6.07) is 11.2. The Balaban J connectivity index is 2.82. The summed E-state index contributed by atoms with van der Waals surface area (Å²) >= 11 is 0. The van der Waals surface area contributed by atoms with Crippen molar-refractivity contribution in [1.29, 1.82) is 5.26 Å². The van der Waals surface area contributed by atoms with E-state index >= 15 is 0 Å². The first-order valence-corrected chi connectivity index (χ1v) is 8.06. The molecule has 0 aliphatic rings. The molecule has 2 rings (SSSR count). The summed E-state index contributed by atoms with van der Waals surface area (Å²) in [4.78, 5) is 25.1. The summed E-state index contributed by atoms with van der Waals surface area (Å²) in [5.74, 6) is -1.21. The molecule has 0 spiro atoms. The summed E-state index contributed by atoms with van der Waals surface area (Å²) in [6.07, 6.45) is 0. The van der Waals surface area contributed by atoms with Crippen LogP contribution in [0.1, 0.15) is 40.3 Å². The Hall–Kier alpha value is -3.07. The van der Waals surface area contributed by atoms with Crippen LogP contribution < -0.4 is 0 Å². The number of rotatable bonds is 6. The van der Waals surface area contributed by atoms with Crippen molar-refractivity contribution in [3.8, 4) is 17.3 Å². The standard InChI is InChI=1S/C19H20N2O4/c1-4-24-18(22)15-13(3)21(12-11-20)17(14-9-7-6-8-10-14)16(15)19(23)25-5-2/h6-10H,4-5,12H2,1-3H3. The van der Waals surface area contributed by atoms with Crippen LogP contribution in [-0.2, 0) is 16.0 Å². The molecule has 0 radical (unpaired) electrons. The third kappa shape index (κ3) is 3.56. The molecule has 0 aliphatic heterocycles. The van der Waals surface area contributed by atoms with Crippen LogP contribution in [0.5, 0.6) is 0 Å². The second-order valence-corrected chi connectivity index (χ2v) is 5.24. The maximum atomic E-state index is 12.6. The van der Waals surface area contributed by atoms with Crippen molar-refractivity contribution in [2.24, 2.45) is 0 Å². The van der Waals surface area contributed by atoms with E-state index in [9.17, 15) is 14.9 Å². The third-order valence-corrected chi connectivity index (χ3v) is 3.76. The Morgan fingerprint density at radius 3 is 2.12 bits per heavy atom. The number of hydrogen-bond donors (Lipinski definition) is 0. The largest absolute Gasteiger partial charge is 0.462 e. The SMILES string of the molecule is CCOC(=O)c1c(C(=O)OCC)c(-c2ccccc2)n(CC#N)c1C. The van der Waals surface area contributed by atoms with Gasteiger partial charge in [-0.1, -0.05) is 30.3 Å². The van der Waals surface area contributed by atoms with E-state index in [-0.39, 0.29) is 30.9 Å². The number of nitrogens with zero attached hydrogens (tertiary/aromatic N) is 2. The van der Waals surface area contributed by atoms with E-state index in [0.717, 1.165) is 5.56 Å². The molecule has 25 heavy (non-hydrogen) atoms. The Labute approximate surface area is 146 Å². The van der Waals surface area contributed by atoms with E-state index in [1.54, 1.807) is 25.3 Å². The van der Waals surface area contributed by atoms with Gasteiger partial charge < -0.3 is 14.0 Å². The van der Waals surface area contributed by atoms with Crippen molar-refractivity contribution in [3.05, 3.63) is 47.2 Å². The topological polar surface area (TPSA) is 81.3 Å². The minimum atomic E-state index is -0.607. The molecule has 0 fully saturated rings. The number of carbonyl (C=O) groups excluding carboxylic acids is 2. The van der Waals surface area contributed by atoms with Gasteiger partial charge >= 0.3 is 11.9 Å². The zero-order valence-electron chi connectivity index (χ0n) is 14.5. The highest BCUT2D eigenvalue weighted by atomic mass is 16.5. The summed E-state index contributed by atoms with van der Waals surface area (Å²) in [5, 5.41) is 9.20. The smallest absolute Gasteiger partial charge is 0.341 e. The molecule has 6 heteroatoms. The highest BCUT2D eigenvalue weighted by Crippen LogP contribution is 2.33. The van der Waals surface area contributed by atoms with Crippen molar-refractivity contribution in [2.75, 3.05) is 13.2 Å². The van der Waals surface area contributed by atoms with Crippen LogP contribution in [0.3, 0.4) is 0 Å². The molecule has 2 aromatic rings. The molecule has 0 saturated heterocycles. The minimum Gasteiger partial charge on any atom is -0.462 e. The van der Waals surface area contributed by atoms with Gasteiger partial charge in [-0.2, -0.15) is 5.26 Å². The number of carbonyl (C=O) groups is 2. The zero-order chi connectivity index (χ0) is 18.4. The molecule has 0 aliphatic carbocycles. The van der Waals surface area contributed by atoms with Gasteiger partial charge in [-0.05, 0) is 26.3 Å². The molecule has 0 unspecified atom stereocenters. The number of nitriles is 1. The molecular formula is C19H20N2O4. The van der Waals surface area contributed by atoms with Crippen molar-refractivity contribution < 1.29 is 19.1 Å². The van der Waals surface area contributed by atoms with Crippen LogP contribution in [0.25, 0.3) is 11.3 Å². The zero-order valence-corrected chi connectivity index (χ0v) is 14.5. The molecule has 1 aromatic carbocycles. The van der Waals surface area contributed by atoms with Crippen LogP contribution in [0.4, 0.5) is 0 Å². The number of hydrogen-bond acceptors (Lipinski definition) is 5. The van der Waals surface area contributed by atoms with E-state index in [1.807, 2.05) is 30.3 Å². The fourth-order valence-corrected chi connectivity index (χ4v) is 2.76. The Kier molecular flexibility index (Phi) is 5.96. The van der Waals surface area contributed by atoms with E-state index in [1.165, 1.54) is 0 Å². The summed E-state index contributed by atoms with van der Waals surface area (Å²) in [5.41, 5.74) is 2.00. The lowest BCUT2D eigenvalue weighted by Crippen LogP contribution is -2.13. The molecule has 0 amide bonds. The van der Waals surface area contributed by atoms with Gasteiger partial charge in [0, 0.05) is 5.69 Å². The van der Waals surface area contributed by atoms with Gasteiger partial charge in [-0.3, -0.25) is 0 Å². The van der Waals surface area contributed by atoms with E-state index in [0.29, 0.717) is 11.4 Å². The number of aromatic nitrogens is 1. The van der Waals surface area contributed by atoms with Crippen LogP contribution in [-0.4, -0.2) is 29.7 Å². The van der Waals surface area contributed by atoms with E-state index in [4.69, 9.17) is 9.47 Å². The lowest BCUT2D eigenvalue weighted by molar-refractivity contribution is 0.0480. The van der Waals surface area contributed by atoms with Crippen LogP contribution in [0, 0.1) is 18.3 Å². The average Bonchev–Trinajstić information content (AvgIpc) is 2.89. The quantitative estimate of drug-likeness (QED) is 0.753. The van der Waals surface area contributed by atoms with E-state index < -0.39 is 11.9 Å². The molecule has 0 atom stereocenters. The summed E-state index contributed by atoms with van der Waals surface area (Å²) < 4.78 is 11.9. The highest BCUT2D eigenvalue weighted by Gasteiger charge is 2.31. The maximum absolute atomic E-state index is 12.6. The second kappa shape index (κ2) is 8.15. The fraction of sp³-hybridized carbons (Fsp3) is 0.316. The average molecular weight is 340 g/mol. The van der Waals surface area contributed by atoms with Gasteiger partial charge in [0.2, 0.25) is 0 Å². The van der Waals surface area contributed by atoms with Gasteiger partial charge in [0.1, 0.15) is 12.1 Å².